The summed E-state index contributed by atoms with van der Waals surface area (Å²) in [4.78, 5) is 19.1. The van der Waals surface area contributed by atoms with Gasteiger partial charge in [-0.05, 0) is 16.0 Å². The summed E-state index contributed by atoms with van der Waals surface area (Å²) in [7, 11) is 3.87. The highest BCUT2D eigenvalue weighted by molar-refractivity contribution is 7.13. The normalized spacial score (nSPS) is 11.9. The number of amides is 1. The molecule has 0 radical (unpaired) electrons. The first-order valence-corrected chi connectivity index (χ1v) is 8.20. The number of anilines is 1. The molecule has 2 aromatic heterocycles. The fourth-order valence-corrected chi connectivity index (χ4v) is 2.96. The summed E-state index contributed by atoms with van der Waals surface area (Å²) in [5.41, 5.74) is 1.63. The fourth-order valence-electron chi connectivity index (χ4n) is 2.20. The molecule has 0 aliphatic rings. The number of nitrogens with zero attached hydrogens (tertiary/aromatic N) is 6. The molecule has 0 fully saturated rings. The number of thiazole rings is 1. The zero-order valence-corrected chi connectivity index (χ0v) is 14.1. The summed E-state index contributed by atoms with van der Waals surface area (Å²) in [5, 5.41) is 16.9. The number of benzene rings is 1. The van der Waals surface area contributed by atoms with Crippen LogP contribution in [0.5, 0.6) is 0 Å². The SMILES string of the molecule is CN(C)c1nc(CNC(=O)[C@H](c2ccccc2)n2cnnn2)cs1. The molecular formula is C15H17N7OS. The zero-order chi connectivity index (χ0) is 16.9. The van der Waals surface area contributed by atoms with Gasteiger partial charge < -0.3 is 10.2 Å². The van der Waals surface area contributed by atoms with Crippen LogP contribution in [-0.4, -0.2) is 45.2 Å². The predicted molar refractivity (Wildman–Crippen MR) is 90.7 cm³/mol. The van der Waals surface area contributed by atoms with Crippen LogP contribution in [0.3, 0.4) is 0 Å². The number of carbonyl (C=O) groups excluding carboxylic acids is 1. The van der Waals surface area contributed by atoms with Gasteiger partial charge in [0.25, 0.3) is 0 Å². The van der Waals surface area contributed by atoms with Crippen LogP contribution < -0.4 is 10.2 Å². The van der Waals surface area contributed by atoms with Gasteiger partial charge in [-0.3, -0.25) is 4.79 Å². The maximum atomic E-state index is 12.7. The van der Waals surface area contributed by atoms with E-state index in [0.29, 0.717) is 6.54 Å². The second kappa shape index (κ2) is 7.18. The van der Waals surface area contributed by atoms with Crippen molar-refractivity contribution in [2.75, 3.05) is 19.0 Å². The number of aromatic nitrogens is 5. The molecule has 0 unspecified atom stereocenters. The fraction of sp³-hybridized carbons (Fsp3) is 0.267. The first-order valence-electron chi connectivity index (χ1n) is 7.32. The van der Waals surface area contributed by atoms with E-state index in [0.717, 1.165) is 16.4 Å². The van der Waals surface area contributed by atoms with Crippen LogP contribution in [0.1, 0.15) is 17.3 Å². The van der Waals surface area contributed by atoms with Crippen LogP contribution in [0.25, 0.3) is 0 Å². The van der Waals surface area contributed by atoms with E-state index in [9.17, 15) is 4.79 Å². The minimum atomic E-state index is -0.617. The third-order valence-corrected chi connectivity index (χ3v) is 4.42. The lowest BCUT2D eigenvalue weighted by molar-refractivity contribution is -0.123. The van der Waals surface area contributed by atoms with Crippen molar-refractivity contribution in [2.24, 2.45) is 0 Å². The van der Waals surface area contributed by atoms with E-state index in [1.54, 1.807) is 0 Å². The summed E-state index contributed by atoms with van der Waals surface area (Å²) in [6.07, 6.45) is 1.43. The van der Waals surface area contributed by atoms with Gasteiger partial charge in [-0.2, -0.15) is 0 Å². The Morgan fingerprint density at radius 3 is 2.75 bits per heavy atom. The summed E-state index contributed by atoms with van der Waals surface area (Å²) in [6, 6.07) is 8.79. The van der Waals surface area contributed by atoms with Crippen LogP contribution in [0, 0.1) is 0 Å². The molecule has 3 rings (SSSR count). The molecule has 1 atom stereocenters. The molecule has 2 heterocycles. The third-order valence-electron chi connectivity index (χ3n) is 3.36. The molecule has 0 spiro atoms. The maximum absolute atomic E-state index is 12.7. The maximum Gasteiger partial charge on any atom is 0.249 e. The Morgan fingerprint density at radius 2 is 2.12 bits per heavy atom. The zero-order valence-electron chi connectivity index (χ0n) is 13.3. The van der Waals surface area contributed by atoms with Crippen LogP contribution in [0.4, 0.5) is 5.13 Å². The van der Waals surface area contributed by atoms with Crippen molar-refractivity contribution < 1.29 is 4.79 Å². The number of hydrogen-bond acceptors (Lipinski definition) is 7. The lowest BCUT2D eigenvalue weighted by Crippen LogP contribution is -2.33. The van der Waals surface area contributed by atoms with Crippen LogP contribution >= 0.6 is 11.3 Å². The number of hydrogen-bond donors (Lipinski definition) is 1. The van der Waals surface area contributed by atoms with Gasteiger partial charge in [-0.1, -0.05) is 30.3 Å². The van der Waals surface area contributed by atoms with E-state index in [2.05, 4.69) is 25.8 Å². The number of rotatable bonds is 6. The summed E-state index contributed by atoms with van der Waals surface area (Å²) < 4.78 is 1.44. The summed E-state index contributed by atoms with van der Waals surface area (Å²) in [5.74, 6) is -0.187. The van der Waals surface area contributed by atoms with Gasteiger partial charge in [0.05, 0.1) is 12.2 Å². The van der Waals surface area contributed by atoms with Crippen molar-refractivity contribution >= 4 is 22.4 Å². The number of carbonyl (C=O) groups is 1. The second-order valence-corrected chi connectivity index (χ2v) is 6.17. The van der Waals surface area contributed by atoms with E-state index >= 15 is 0 Å². The van der Waals surface area contributed by atoms with Crippen molar-refractivity contribution in [3.8, 4) is 0 Å². The monoisotopic (exact) mass is 343 g/mol. The number of tetrazole rings is 1. The Morgan fingerprint density at radius 1 is 1.33 bits per heavy atom. The Balaban J connectivity index is 1.74. The third kappa shape index (κ3) is 3.57. The van der Waals surface area contributed by atoms with Gasteiger partial charge in [0.15, 0.2) is 11.2 Å². The molecule has 124 valence electrons. The van der Waals surface area contributed by atoms with Crippen molar-refractivity contribution in [1.82, 2.24) is 30.5 Å². The van der Waals surface area contributed by atoms with Gasteiger partial charge in [-0.15, -0.1) is 16.4 Å². The van der Waals surface area contributed by atoms with Crippen molar-refractivity contribution in [2.45, 2.75) is 12.6 Å². The molecule has 0 saturated carbocycles. The molecule has 1 aromatic carbocycles. The van der Waals surface area contributed by atoms with Gasteiger partial charge in [0, 0.05) is 19.5 Å². The van der Waals surface area contributed by atoms with Crippen molar-refractivity contribution in [3.05, 3.63) is 53.3 Å². The van der Waals surface area contributed by atoms with E-state index in [4.69, 9.17) is 0 Å². The quantitative estimate of drug-likeness (QED) is 0.721. The van der Waals surface area contributed by atoms with E-state index in [1.807, 2.05) is 54.7 Å². The predicted octanol–water partition coefficient (Wildman–Crippen LogP) is 1.10. The molecule has 0 aliphatic heterocycles. The molecule has 9 heteroatoms. The molecule has 1 N–H and O–H groups in total. The van der Waals surface area contributed by atoms with E-state index in [1.165, 1.54) is 22.3 Å². The molecule has 3 aromatic rings. The Labute approximate surface area is 143 Å². The van der Waals surface area contributed by atoms with Crippen LogP contribution in [0.15, 0.2) is 42.0 Å². The average molecular weight is 343 g/mol. The van der Waals surface area contributed by atoms with Crippen LogP contribution in [0.2, 0.25) is 0 Å². The molecule has 24 heavy (non-hydrogen) atoms. The number of nitrogens with one attached hydrogen (secondary N) is 1. The molecule has 8 nitrogen and oxygen atoms in total. The summed E-state index contributed by atoms with van der Waals surface area (Å²) in [6.45, 7) is 0.356. The lowest BCUT2D eigenvalue weighted by atomic mass is 10.1. The molecule has 0 bridgehead atoms. The van der Waals surface area contributed by atoms with Crippen LogP contribution in [-0.2, 0) is 11.3 Å². The molecule has 0 aliphatic carbocycles. The smallest absolute Gasteiger partial charge is 0.249 e. The van der Waals surface area contributed by atoms with Gasteiger partial charge in [-0.25, -0.2) is 9.67 Å². The second-order valence-electron chi connectivity index (χ2n) is 5.34. The van der Waals surface area contributed by atoms with E-state index < -0.39 is 6.04 Å². The molecular weight excluding hydrogens is 326 g/mol. The van der Waals surface area contributed by atoms with Crippen molar-refractivity contribution in [3.63, 3.8) is 0 Å². The Kier molecular flexibility index (Phi) is 4.80. The van der Waals surface area contributed by atoms with Gasteiger partial charge >= 0.3 is 0 Å². The van der Waals surface area contributed by atoms with Gasteiger partial charge in [0.2, 0.25) is 5.91 Å². The highest BCUT2D eigenvalue weighted by Crippen LogP contribution is 2.19. The highest BCUT2D eigenvalue weighted by Gasteiger charge is 2.23. The minimum absolute atomic E-state index is 0.187. The average Bonchev–Trinajstić information content (AvgIpc) is 3.26. The topological polar surface area (TPSA) is 88.8 Å². The minimum Gasteiger partial charge on any atom is -0.354 e. The molecule has 0 saturated heterocycles. The first kappa shape index (κ1) is 16.1. The summed E-state index contributed by atoms with van der Waals surface area (Å²) >= 11 is 1.54. The molecule has 1 amide bonds. The standard InChI is InChI=1S/C15H17N7OS/c1-21(2)15-18-12(9-24-15)8-16-14(23)13(22-10-17-19-20-22)11-6-4-3-5-7-11/h3-7,9-10,13H,8H2,1-2H3,(H,16,23)/t13-/m0/s1. The van der Waals surface area contributed by atoms with E-state index in [-0.39, 0.29) is 5.91 Å². The van der Waals surface area contributed by atoms with Gasteiger partial charge in [0.1, 0.15) is 6.33 Å². The first-order chi connectivity index (χ1) is 11.6. The Hall–Kier alpha value is -2.81. The largest absolute Gasteiger partial charge is 0.354 e. The lowest BCUT2D eigenvalue weighted by Gasteiger charge is -2.16. The highest BCUT2D eigenvalue weighted by atomic mass is 32.1. The Bertz CT molecular complexity index is 785. The van der Waals surface area contributed by atoms with Crippen molar-refractivity contribution in [1.29, 1.82) is 0 Å².